The molecule has 0 aromatic rings. The van der Waals surface area contributed by atoms with E-state index in [9.17, 15) is 0 Å². The number of nitrogens with zero attached hydrogens (tertiary/aromatic N) is 1. The van der Waals surface area contributed by atoms with E-state index < -0.39 is 0 Å². The van der Waals surface area contributed by atoms with E-state index in [1.807, 2.05) is 0 Å². The molecule has 0 amide bonds. The Morgan fingerprint density at radius 3 is 2.00 bits per heavy atom. The summed E-state index contributed by atoms with van der Waals surface area (Å²) in [5.41, 5.74) is 6.77. The number of nitrogens with one attached hydrogen (secondary N) is 1. The van der Waals surface area contributed by atoms with Crippen LogP contribution in [-0.4, -0.2) is 29.6 Å². The van der Waals surface area contributed by atoms with Crippen LogP contribution < -0.4 is 11.1 Å². The second-order valence-electron chi connectivity index (χ2n) is 5.69. The smallest absolute Gasteiger partial charge is 0.0885 e. The Kier molecular flexibility index (Phi) is 7.76. The molecule has 3 heteroatoms. The highest BCUT2D eigenvalue weighted by Gasteiger charge is 2.23. The van der Waals surface area contributed by atoms with E-state index in [-0.39, 0.29) is 0 Å². The van der Waals surface area contributed by atoms with Crippen molar-refractivity contribution in [1.29, 1.82) is 0 Å². The fraction of sp³-hybridized carbons (Fsp3) is 0.733. The van der Waals surface area contributed by atoms with Gasteiger partial charge in [-0.2, -0.15) is 0 Å². The SMILES string of the molecule is C=C(C)CC(CCNC(=C)N)N(C(C)C)C(C)C. The van der Waals surface area contributed by atoms with Crippen LogP contribution in [0.4, 0.5) is 0 Å². The maximum atomic E-state index is 5.54. The first-order valence-corrected chi connectivity index (χ1v) is 6.85. The van der Waals surface area contributed by atoms with Gasteiger partial charge in [0, 0.05) is 24.7 Å². The van der Waals surface area contributed by atoms with Crippen LogP contribution in [0.5, 0.6) is 0 Å². The Hall–Kier alpha value is -0.960. The summed E-state index contributed by atoms with van der Waals surface area (Å²) < 4.78 is 0. The zero-order chi connectivity index (χ0) is 14.3. The van der Waals surface area contributed by atoms with Gasteiger partial charge in [0.25, 0.3) is 0 Å². The third kappa shape index (κ3) is 6.70. The summed E-state index contributed by atoms with van der Waals surface area (Å²) in [4.78, 5) is 2.55. The lowest BCUT2D eigenvalue weighted by molar-refractivity contribution is 0.106. The van der Waals surface area contributed by atoms with Crippen LogP contribution in [0.3, 0.4) is 0 Å². The van der Waals surface area contributed by atoms with Crippen LogP contribution in [0.2, 0.25) is 0 Å². The molecular weight excluding hydrogens is 222 g/mol. The van der Waals surface area contributed by atoms with E-state index in [0.717, 1.165) is 19.4 Å². The summed E-state index contributed by atoms with van der Waals surface area (Å²) >= 11 is 0. The van der Waals surface area contributed by atoms with Crippen molar-refractivity contribution >= 4 is 0 Å². The molecule has 1 unspecified atom stereocenters. The highest BCUT2D eigenvalue weighted by atomic mass is 15.2. The molecule has 1 atom stereocenters. The molecule has 0 bridgehead atoms. The summed E-state index contributed by atoms with van der Waals surface area (Å²) in [5, 5.41) is 3.11. The number of hydrogen-bond donors (Lipinski definition) is 2. The van der Waals surface area contributed by atoms with Gasteiger partial charge in [-0.15, -0.1) is 6.58 Å². The molecule has 0 rings (SSSR count). The van der Waals surface area contributed by atoms with Crippen LogP contribution in [-0.2, 0) is 0 Å². The predicted octanol–water partition coefficient (Wildman–Crippen LogP) is 2.85. The topological polar surface area (TPSA) is 41.3 Å². The summed E-state index contributed by atoms with van der Waals surface area (Å²) in [7, 11) is 0. The monoisotopic (exact) mass is 253 g/mol. The quantitative estimate of drug-likeness (QED) is 0.621. The highest BCUT2D eigenvalue weighted by Crippen LogP contribution is 2.19. The highest BCUT2D eigenvalue weighted by molar-refractivity contribution is 4.95. The molecule has 3 nitrogen and oxygen atoms in total. The van der Waals surface area contributed by atoms with E-state index in [1.165, 1.54) is 5.57 Å². The molecule has 0 aliphatic rings. The number of nitrogens with two attached hydrogens (primary N) is 1. The maximum Gasteiger partial charge on any atom is 0.0885 e. The number of hydrogen-bond acceptors (Lipinski definition) is 3. The third-order valence-electron chi connectivity index (χ3n) is 3.03. The molecule has 18 heavy (non-hydrogen) atoms. The average Bonchev–Trinajstić information content (AvgIpc) is 2.14. The standard InChI is InChI=1S/C15H31N3/c1-11(2)10-15(8-9-17-14(7)16)18(12(3)4)13(5)6/h12-13,15,17H,1,7-10,16H2,2-6H3. The molecule has 0 aromatic carbocycles. The Labute approximate surface area is 113 Å². The van der Waals surface area contributed by atoms with Crippen molar-refractivity contribution in [2.45, 2.75) is 65.6 Å². The maximum absolute atomic E-state index is 5.54. The fourth-order valence-corrected chi connectivity index (χ4v) is 2.60. The Morgan fingerprint density at radius 2 is 1.67 bits per heavy atom. The van der Waals surface area contributed by atoms with Crippen molar-refractivity contribution in [3.05, 3.63) is 24.6 Å². The minimum atomic E-state index is 0.509. The van der Waals surface area contributed by atoms with Gasteiger partial charge in [-0.3, -0.25) is 4.90 Å². The van der Waals surface area contributed by atoms with Crippen molar-refractivity contribution in [2.24, 2.45) is 5.73 Å². The minimum Gasteiger partial charge on any atom is -0.386 e. The van der Waals surface area contributed by atoms with Crippen LogP contribution in [0.25, 0.3) is 0 Å². The minimum absolute atomic E-state index is 0.509. The van der Waals surface area contributed by atoms with Gasteiger partial charge in [-0.1, -0.05) is 12.2 Å². The normalized spacial score (nSPS) is 13.1. The van der Waals surface area contributed by atoms with Gasteiger partial charge in [-0.25, -0.2) is 0 Å². The lowest BCUT2D eigenvalue weighted by atomic mass is 10.0. The van der Waals surface area contributed by atoms with Crippen LogP contribution in [0.1, 0.15) is 47.5 Å². The van der Waals surface area contributed by atoms with Crippen LogP contribution >= 0.6 is 0 Å². The summed E-state index contributed by atoms with van der Waals surface area (Å²) in [6.07, 6.45) is 2.09. The first kappa shape index (κ1) is 17.0. The molecule has 0 heterocycles. The van der Waals surface area contributed by atoms with E-state index in [2.05, 4.69) is 58.0 Å². The first-order valence-electron chi connectivity index (χ1n) is 6.85. The van der Waals surface area contributed by atoms with Crippen molar-refractivity contribution in [1.82, 2.24) is 10.2 Å². The molecule has 0 fully saturated rings. The van der Waals surface area contributed by atoms with E-state index in [4.69, 9.17) is 5.73 Å². The van der Waals surface area contributed by atoms with Gasteiger partial charge in [0.1, 0.15) is 0 Å². The summed E-state index contributed by atoms with van der Waals surface area (Å²) in [6.45, 7) is 19.7. The number of rotatable bonds is 9. The van der Waals surface area contributed by atoms with Gasteiger partial charge < -0.3 is 11.1 Å². The fourth-order valence-electron chi connectivity index (χ4n) is 2.60. The van der Waals surface area contributed by atoms with Crippen LogP contribution in [0.15, 0.2) is 24.6 Å². The predicted molar refractivity (Wildman–Crippen MR) is 81.3 cm³/mol. The molecule has 0 radical (unpaired) electrons. The van der Waals surface area contributed by atoms with E-state index in [1.54, 1.807) is 0 Å². The van der Waals surface area contributed by atoms with Crippen LogP contribution in [0, 0.1) is 0 Å². The van der Waals surface area contributed by atoms with Crippen molar-refractivity contribution in [3.63, 3.8) is 0 Å². The Morgan fingerprint density at radius 1 is 1.17 bits per heavy atom. The molecule has 0 spiro atoms. The van der Waals surface area contributed by atoms with Crippen molar-refractivity contribution < 1.29 is 0 Å². The second-order valence-corrected chi connectivity index (χ2v) is 5.69. The zero-order valence-electron chi connectivity index (χ0n) is 12.8. The van der Waals surface area contributed by atoms with Crippen molar-refractivity contribution in [3.8, 4) is 0 Å². The molecule has 106 valence electrons. The lowest BCUT2D eigenvalue weighted by Gasteiger charge is -2.38. The Bertz CT molecular complexity index is 261. The molecule has 0 aromatic heterocycles. The average molecular weight is 253 g/mol. The first-order chi connectivity index (χ1) is 8.25. The van der Waals surface area contributed by atoms with E-state index in [0.29, 0.717) is 23.9 Å². The second kappa shape index (κ2) is 8.20. The van der Waals surface area contributed by atoms with E-state index >= 15 is 0 Å². The van der Waals surface area contributed by atoms with Gasteiger partial charge in [0.15, 0.2) is 0 Å². The largest absolute Gasteiger partial charge is 0.386 e. The molecule has 3 N–H and O–H groups in total. The third-order valence-corrected chi connectivity index (χ3v) is 3.03. The zero-order valence-corrected chi connectivity index (χ0v) is 12.8. The lowest BCUT2D eigenvalue weighted by Crippen LogP contribution is -2.46. The Balaban J connectivity index is 4.62. The van der Waals surface area contributed by atoms with Gasteiger partial charge in [0.05, 0.1) is 5.82 Å². The van der Waals surface area contributed by atoms with Gasteiger partial charge >= 0.3 is 0 Å². The molecule has 0 saturated carbocycles. The summed E-state index contributed by atoms with van der Waals surface area (Å²) in [5.74, 6) is 0.546. The molecule has 0 aliphatic heterocycles. The van der Waals surface area contributed by atoms with Gasteiger partial charge in [0.2, 0.25) is 0 Å². The van der Waals surface area contributed by atoms with Crippen molar-refractivity contribution in [2.75, 3.05) is 6.54 Å². The summed E-state index contributed by atoms with van der Waals surface area (Å²) in [6, 6.07) is 1.58. The molecule has 0 aliphatic carbocycles. The molecular formula is C15H31N3. The van der Waals surface area contributed by atoms with Gasteiger partial charge in [-0.05, 0) is 47.5 Å². The molecule has 0 saturated heterocycles.